The van der Waals surface area contributed by atoms with Crippen LogP contribution in [0.25, 0.3) is 0 Å². The van der Waals surface area contributed by atoms with E-state index in [1.807, 2.05) is 44.2 Å². The summed E-state index contributed by atoms with van der Waals surface area (Å²) in [5.74, 6) is -3.34. The minimum Gasteiger partial charge on any atom is -0.482 e. The molecule has 31 heavy (non-hydrogen) atoms. The lowest BCUT2D eigenvalue weighted by molar-refractivity contribution is -0.306. The molecular weight excluding hydrogens is 402 g/mol. The molecule has 8 nitrogen and oxygen atoms in total. The number of ether oxygens (including phenoxy) is 4. The fourth-order valence-corrected chi connectivity index (χ4v) is 3.79. The third-order valence-electron chi connectivity index (χ3n) is 5.54. The van der Waals surface area contributed by atoms with Gasteiger partial charge in [-0.05, 0) is 11.6 Å². The summed E-state index contributed by atoms with van der Waals surface area (Å²) in [5.41, 5.74) is 0.406. The summed E-state index contributed by atoms with van der Waals surface area (Å²) in [6.07, 6.45) is 0.423. The van der Waals surface area contributed by atoms with E-state index in [0.717, 1.165) is 12.7 Å². The number of methoxy groups -OCH3 is 1. The Morgan fingerprint density at radius 3 is 2.45 bits per heavy atom. The Bertz CT molecular complexity index is 1060. The van der Waals surface area contributed by atoms with Crippen molar-refractivity contribution in [1.82, 2.24) is 4.57 Å². The zero-order valence-electron chi connectivity index (χ0n) is 17.8. The number of rotatable bonds is 5. The summed E-state index contributed by atoms with van der Waals surface area (Å²) < 4.78 is 24.0. The Labute approximate surface area is 179 Å². The molecule has 1 fully saturated rings. The molecule has 2 aromatic rings. The number of nitrogens with zero attached hydrogens (tertiary/aromatic N) is 1. The summed E-state index contributed by atoms with van der Waals surface area (Å²) in [6, 6.07) is 10.7. The first kappa shape index (κ1) is 21.3. The van der Waals surface area contributed by atoms with Crippen molar-refractivity contribution in [2.24, 2.45) is 5.41 Å². The van der Waals surface area contributed by atoms with Crippen LogP contribution in [0.1, 0.15) is 41.9 Å². The summed E-state index contributed by atoms with van der Waals surface area (Å²) in [7, 11) is 1.11. The Hall–Kier alpha value is -2.97. The predicted molar refractivity (Wildman–Crippen MR) is 110 cm³/mol. The zero-order valence-corrected chi connectivity index (χ0v) is 17.8. The number of carbonyl (C=O) groups excluding carboxylic acids is 2. The number of aromatic nitrogens is 1. The first-order valence-electron chi connectivity index (χ1n) is 10.1. The highest BCUT2D eigenvalue weighted by molar-refractivity contribution is 6.41. The molecule has 0 aliphatic carbocycles. The highest BCUT2D eigenvalue weighted by Crippen LogP contribution is 2.43. The normalized spacial score (nSPS) is 18.4. The molecule has 0 radical (unpaired) electrons. The Morgan fingerprint density at radius 1 is 1.13 bits per heavy atom. The van der Waals surface area contributed by atoms with E-state index in [4.69, 9.17) is 14.2 Å². The smallest absolute Gasteiger partial charge is 0.379 e. The van der Waals surface area contributed by atoms with Gasteiger partial charge in [-0.1, -0.05) is 44.2 Å². The number of carbonyl (C=O) groups is 2. The molecule has 2 aliphatic heterocycles. The van der Waals surface area contributed by atoms with Gasteiger partial charge in [0.2, 0.25) is 5.79 Å². The van der Waals surface area contributed by atoms with Crippen molar-refractivity contribution in [1.29, 1.82) is 0 Å². The van der Waals surface area contributed by atoms with Gasteiger partial charge in [0, 0.05) is 18.4 Å². The van der Waals surface area contributed by atoms with Gasteiger partial charge < -0.3 is 23.5 Å². The van der Waals surface area contributed by atoms with Crippen molar-refractivity contribution < 1.29 is 28.5 Å². The SMILES string of the molecule is COC(=O)C(=O)c1cc2n(c(=O)c1OCc1ccccc1)CCC21OCC(C)(C)CO1. The van der Waals surface area contributed by atoms with Gasteiger partial charge in [0.1, 0.15) is 6.61 Å². The minimum absolute atomic E-state index is 0.0726. The van der Waals surface area contributed by atoms with Crippen LogP contribution in [0.4, 0.5) is 0 Å². The van der Waals surface area contributed by atoms with Gasteiger partial charge in [-0.3, -0.25) is 9.59 Å². The molecule has 8 heteroatoms. The van der Waals surface area contributed by atoms with Gasteiger partial charge in [0.05, 0.1) is 31.6 Å². The average molecular weight is 427 g/mol. The summed E-state index contributed by atoms with van der Waals surface area (Å²) in [6.45, 7) is 5.34. The second-order valence-electron chi connectivity index (χ2n) is 8.57. The molecule has 1 aromatic heterocycles. The molecule has 0 bridgehead atoms. The van der Waals surface area contributed by atoms with Crippen LogP contribution in [0.3, 0.4) is 0 Å². The highest BCUT2D eigenvalue weighted by Gasteiger charge is 2.48. The Morgan fingerprint density at radius 2 is 1.81 bits per heavy atom. The van der Waals surface area contributed by atoms with E-state index in [9.17, 15) is 14.4 Å². The molecule has 1 aromatic carbocycles. The van der Waals surface area contributed by atoms with Crippen LogP contribution in [0, 0.1) is 5.41 Å². The zero-order chi connectivity index (χ0) is 22.2. The van der Waals surface area contributed by atoms with Crippen LogP contribution >= 0.6 is 0 Å². The van der Waals surface area contributed by atoms with Crippen molar-refractivity contribution in [3.8, 4) is 5.75 Å². The van der Waals surface area contributed by atoms with Crippen LogP contribution in [0.2, 0.25) is 0 Å². The number of benzene rings is 1. The standard InChI is InChI=1S/C23H25NO7/c1-22(2)13-30-23(31-14-22)9-10-24-17(23)11-16(18(25)21(27)28-3)19(20(24)26)29-12-15-7-5-4-6-8-15/h4-8,11H,9-10,12-14H2,1-3H3. The molecule has 4 rings (SSSR count). The van der Waals surface area contributed by atoms with Crippen LogP contribution in [0.5, 0.6) is 5.75 Å². The van der Waals surface area contributed by atoms with E-state index in [0.29, 0.717) is 31.9 Å². The van der Waals surface area contributed by atoms with E-state index in [1.165, 1.54) is 10.6 Å². The molecule has 0 amide bonds. The van der Waals surface area contributed by atoms with Gasteiger partial charge in [-0.2, -0.15) is 0 Å². The van der Waals surface area contributed by atoms with Crippen molar-refractivity contribution in [2.75, 3.05) is 20.3 Å². The molecule has 1 saturated heterocycles. The Balaban J connectivity index is 1.77. The molecule has 3 heterocycles. The van der Waals surface area contributed by atoms with E-state index in [1.54, 1.807) is 0 Å². The lowest BCUT2D eigenvalue weighted by Crippen LogP contribution is -2.45. The maximum absolute atomic E-state index is 13.3. The third-order valence-corrected chi connectivity index (χ3v) is 5.54. The van der Waals surface area contributed by atoms with E-state index in [2.05, 4.69) is 4.74 Å². The molecule has 0 saturated carbocycles. The quantitative estimate of drug-likeness (QED) is 0.411. The van der Waals surface area contributed by atoms with Crippen LogP contribution < -0.4 is 10.3 Å². The maximum atomic E-state index is 13.3. The first-order valence-corrected chi connectivity index (χ1v) is 10.1. The molecule has 0 atom stereocenters. The van der Waals surface area contributed by atoms with E-state index >= 15 is 0 Å². The van der Waals surface area contributed by atoms with Gasteiger partial charge in [-0.25, -0.2) is 4.79 Å². The van der Waals surface area contributed by atoms with Gasteiger partial charge in [-0.15, -0.1) is 0 Å². The number of hydrogen-bond acceptors (Lipinski definition) is 7. The predicted octanol–water partition coefficient (Wildman–Crippen LogP) is 2.41. The monoisotopic (exact) mass is 427 g/mol. The fourth-order valence-electron chi connectivity index (χ4n) is 3.79. The van der Waals surface area contributed by atoms with Gasteiger partial charge >= 0.3 is 5.97 Å². The number of esters is 1. The molecular formula is C23H25NO7. The summed E-state index contributed by atoms with van der Waals surface area (Å²) >= 11 is 0. The Kier molecular flexibility index (Phi) is 5.45. The average Bonchev–Trinajstić information content (AvgIpc) is 3.13. The topological polar surface area (TPSA) is 93.1 Å². The number of ketones is 1. The number of hydrogen-bond donors (Lipinski definition) is 0. The largest absolute Gasteiger partial charge is 0.482 e. The lowest BCUT2D eigenvalue weighted by atomic mass is 9.94. The minimum atomic E-state index is -1.13. The first-order chi connectivity index (χ1) is 14.8. The second-order valence-corrected chi connectivity index (χ2v) is 8.57. The molecule has 0 N–H and O–H groups in total. The maximum Gasteiger partial charge on any atom is 0.379 e. The fraction of sp³-hybridized carbons (Fsp3) is 0.435. The van der Waals surface area contributed by atoms with E-state index in [-0.39, 0.29) is 23.3 Å². The molecule has 0 unspecified atom stereocenters. The number of pyridine rings is 1. The van der Waals surface area contributed by atoms with Gasteiger partial charge in [0.15, 0.2) is 5.75 Å². The lowest BCUT2D eigenvalue weighted by Gasteiger charge is -2.41. The second kappa shape index (κ2) is 7.94. The summed E-state index contributed by atoms with van der Waals surface area (Å²) in [5, 5.41) is 0. The number of fused-ring (bicyclic) bond motifs is 2. The van der Waals surface area contributed by atoms with Crippen LogP contribution in [-0.4, -0.2) is 36.6 Å². The van der Waals surface area contributed by atoms with Crippen molar-refractivity contribution in [3.63, 3.8) is 0 Å². The summed E-state index contributed by atoms with van der Waals surface area (Å²) in [4.78, 5) is 38.0. The van der Waals surface area contributed by atoms with Crippen molar-refractivity contribution in [2.45, 2.75) is 39.2 Å². The molecule has 1 spiro atoms. The number of Topliss-reactive ketones (excluding diaryl/α,β-unsaturated/α-hetero) is 1. The van der Waals surface area contributed by atoms with Crippen molar-refractivity contribution >= 4 is 11.8 Å². The molecule has 2 aliphatic rings. The highest BCUT2D eigenvalue weighted by atomic mass is 16.7. The van der Waals surface area contributed by atoms with Crippen molar-refractivity contribution in [3.05, 3.63) is 63.6 Å². The third kappa shape index (κ3) is 3.88. The molecule has 164 valence electrons. The van der Waals surface area contributed by atoms with E-state index < -0.39 is 23.1 Å². The van der Waals surface area contributed by atoms with Crippen LogP contribution in [-0.2, 0) is 37.9 Å². The van der Waals surface area contributed by atoms with Gasteiger partial charge in [0.25, 0.3) is 11.3 Å². The van der Waals surface area contributed by atoms with Crippen LogP contribution in [0.15, 0.2) is 41.2 Å².